The van der Waals surface area contributed by atoms with Gasteiger partial charge in [-0.25, -0.2) is 0 Å². The third-order valence-electron chi connectivity index (χ3n) is 1.54. The molecular weight excluding hydrogens is 224 g/mol. The SMILES string of the molecule is CC1C=C2C=CC=C2[Te]1. The molecule has 2 rings (SSSR count). The molecule has 0 amide bonds. The number of allylic oxidation sites excluding steroid dienone is 6. The number of rotatable bonds is 0. The zero-order valence-electron chi connectivity index (χ0n) is 5.29. The fourth-order valence-corrected chi connectivity index (χ4v) is 4.13. The first-order valence-corrected chi connectivity index (χ1v) is 5.64. The van der Waals surface area contributed by atoms with Gasteiger partial charge in [-0.15, -0.1) is 0 Å². The van der Waals surface area contributed by atoms with Crippen LogP contribution in [0.5, 0.6) is 0 Å². The van der Waals surface area contributed by atoms with Gasteiger partial charge in [0.15, 0.2) is 0 Å². The zero-order valence-corrected chi connectivity index (χ0v) is 7.63. The Hall–Kier alpha value is 0.00961. The van der Waals surface area contributed by atoms with Crippen LogP contribution in [0.1, 0.15) is 6.92 Å². The standard InChI is InChI=1S/C8H8Te/c1-6-5-7-3-2-4-8(7)9-6/h2-6H,1H3. The molecule has 0 fully saturated rings. The summed E-state index contributed by atoms with van der Waals surface area (Å²) in [4.78, 5) is 0. The molecule has 0 bridgehead atoms. The summed E-state index contributed by atoms with van der Waals surface area (Å²) >= 11 is 0.176. The monoisotopic (exact) mass is 234 g/mol. The summed E-state index contributed by atoms with van der Waals surface area (Å²) < 4.78 is 2.56. The van der Waals surface area contributed by atoms with Crippen molar-refractivity contribution in [2.75, 3.05) is 0 Å². The molecule has 2 aliphatic rings. The van der Waals surface area contributed by atoms with E-state index in [0.717, 1.165) is 3.97 Å². The Balaban J connectivity index is 2.40. The van der Waals surface area contributed by atoms with Crippen LogP contribution < -0.4 is 0 Å². The normalized spacial score (nSPS) is 30.1. The van der Waals surface area contributed by atoms with Gasteiger partial charge in [0.25, 0.3) is 0 Å². The summed E-state index contributed by atoms with van der Waals surface area (Å²) in [5.74, 6) is 0. The van der Waals surface area contributed by atoms with Crippen molar-refractivity contribution in [1.82, 2.24) is 0 Å². The van der Waals surface area contributed by atoms with Gasteiger partial charge < -0.3 is 0 Å². The van der Waals surface area contributed by atoms with E-state index in [-0.39, 0.29) is 20.9 Å². The molecule has 0 saturated carbocycles. The molecule has 1 aliphatic heterocycles. The third-order valence-corrected chi connectivity index (χ3v) is 4.77. The summed E-state index contributed by atoms with van der Waals surface area (Å²) in [5, 5.41) is 0. The molecule has 0 N–H and O–H groups in total. The molecular formula is C8H8Te. The molecule has 1 heteroatoms. The Kier molecular flexibility index (Phi) is 1.29. The van der Waals surface area contributed by atoms with Crippen LogP contribution in [0.2, 0.25) is 3.97 Å². The van der Waals surface area contributed by atoms with E-state index in [1.54, 1.807) is 3.62 Å². The van der Waals surface area contributed by atoms with E-state index in [0.29, 0.717) is 0 Å². The van der Waals surface area contributed by atoms with Crippen molar-refractivity contribution < 1.29 is 0 Å². The number of hydrogen-bond donors (Lipinski definition) is 0. The Bertz CT molecular complexity index is 221. The Morgan fingerprint density at radius 1 is 1.56 bits per heavy atom. The van der Waals surface area contributed by atoms with Gasteiger partial charge in [-0.05, 0) is 0 Å². The molecule has 1 atom stereocenters. The predicted octanol–water partition coefficient (Wildman–Crippen LogP) is 1.89. The first kappa shape index (κ1) is 5.77. The fourth-order valence-electron chi connectivity index (χ4n) is 1.15. The van der Waals surface area contributed by atoms with E-state index in [1.807, 2.05) is 0 Å². The minimum absolute atomic E-state index is 0.176. The van der Waals surface area contributed by atoms with E-state index in [2.05, 4.69) is 31.2 Å². The van der Waals surface area contributed by atoms with Crippen molar-refractivity contribution in [3.63, 3.8) is 0 Å². The van der Waals surface area contributed by atoms with Crippen molar-refractivity contribution >= 4 is 20.9 Å². The molecule has 0 radical (unpaired) electrons. The average molecular weight is 232 g/mol. The zero-order chi connectivity index (χ0) is 6.27. The van der Waals surface area contributed by atoms with Crippen LogP contribution in [0.15, 0.2) is 33.5 Å². The van der Waals surface area contributed by atoms with Crippen LogP contribution in [-0.4, -0.2) is 20.9 Å². The second-order valence-electron chi connectivity index (χ2n) is 2.34. The van der Waals surface area contributed by atoms with Gasteiger partial charge in [0.05, 0.1) is 0 Å². The maximum atomic E-state index is 2.40. The van der Waals surface area contributed by atoms with Crippen LogP contribution in [0.3, 0.4) is 0 Å². The van der Waals surface area contributed by atoms with Gasteiger partial charge in [-0.1, -0.05) is 0 Å². The van der Waals surface area contributed by atoms with E-state index >= 15 is 0 Å². The predicted molar refractivity (Wildman–Crippen MR) is 40.5 cm³/mol. The fraction of sp³-hybridized carbons (Fsp3) is 0.250. The molecule has 0 aromatic heterocycles. The molecule has 0 aromatic rings. The van der Waals surface area contributed by atoms with Crippen LogP contribution in [0.4, 0.5) is 0 Å². The molecule has 9 heavy (non-hydrogen) atoms. The Morgan fingerprint density at radius 2 is 2.44 bits per heavy atom. The minimum atomic E-state index is 0.176. The maximum absolute atomic E-state index is 2.40. The molecule has 0 nitrogen and oxygen atoms in total. The molecule has 0 spiro atoms. The van der Waals surface area contributed by atoms with Gasteiger partial charge >= 0.3 is 65.3 Å². The number of hydrogen-bond acceptors (Lipinski definition) is 0. The molecule has 46 valence electrons. The average Bonchev–Trinajstić information content (AvgIpc) is 2.22. The Morgan fingerprint density at radius 3 is 3.22 bits per heavy atom. The Labute approximate surface area is 65.4 Å². The van der Waals surface area contributed by atoms with Crippen molar-refractivity contribution in [2.45, 2.75) is 10.9 Å². The second kappa shape index (κ2) is 2.01. The summed E-state index contributed by atoms with van der Waals surface area (Å²) in [6.45, 7) is 2.32. The van der Waals surface area contributed by atoms with E-state index < -0.39 is 0 Å². The van der Waals surface area contributed by atoms with Crippen LogP contribution >= 0.6 is 0 Å². The van der Waals surface area contributed by atoms with Gasteiger partial charge in [-0.2, -0.15) is 0 Å². The van der Waals surface area contributed by atoms with Crippen LogP contribution in [-0.2, 0) is 0 Å². The topological polar surface area (TPSA) is 0 Å². The third kappa shape index (κ3) is 0.892. The molecule has 1 heterocycles. The van der Waals surface area contributed by atoms with Gasteiger partial charge in [0.2, 0.25) is 0 Å². The van der Waals surface area contributed by atoms with Crippen LogP contribution in [0.25, 0.3) is 0 Å². The van der Waals surface area contributed by atoms with Crippen molar-refractivity contribution in [3.8, 4) is 0 Å². The van der Waals surface area contributed by atoms with Gasteiger partial charge in [0.1, 0.15) is 0 Å². The summed E-state index contributed by atoms with van der Waals surface area (Å²) in [6, 6.07) is 0. The van der Waals surface area contributed by atoms with E-state index in [4.69, 9.17) is 0 Å². The molecule has 0 aromatic carbocycles. The molecule has 1 aliphatic carbocycles. The van der Waals surface area contributed by atoms with Gasteiger partial charge in [0, 0.05) is 0 Å². The van der Waals surface area contributed by atoms with E-state index in [9.17, 15) is 0 Å². The van der Waals surface area contributed by atoms with Gasteiger partial charge in [-0.3, -0.25) is 0 Å². The summed E-state index contributed by atoms with van der Waals surface area (Å²) in [6.07, 6.45) is 9.07. The summed E-state index contributed by atoms with van der Waals surface area (Å²) in [7, 11) is 0. The van der Waals surface area contributed by atoms with E-state index in [1.165, 1.54) is 5.57 Å². The van der Waals surface area contributed by atoms with Crippen molar-refractivity contribution in [3.05, 3.63) is 33.5 Å². The quantitative estimate of drug-likeness (QED) is 0.559. The molecule has 1 unspecified atom stereocenters. The summed E-state index contributed by atoms with van der Waals surface area (Å²) in [5.41, 5.74) is 1.52. The van der Waals surface area contributed by atoms with Crippen LogP contribution in [0, 0.1) is 0 Å². The first-order chi connectivity index (χ1) is 4.36. The first-order valence-electron chi connectivity index (χ1n) is 3.13. The molecule has 0 saturated heterocycles. The van der Waals surface area contributed by atoms with Crippen molar-refractivity contribution in [2.24, 2.45) is 0 Å². The second-order valence-corrected chi connectivity index (χ2v) is 6.39. The number of fused-ring (bicyclic) bond motifs is 1. The van der Waals surface area contributed by atoms with Crippen molar-refractivity contribution in [1.29, 1.82) is 0 Å².